The molecule has 0 radical (unpaired) electrons. The Bertz CT molecular complexity index is 806. The Balaban J connectivity index is 1.48. The maximum Gasteiger partial charge on any atom is 0.251 e. The van der Waals surface area contributed by atoms with Crippen molar-refractivity contribution in [2.45, 2.75) is 31.8 Å². The lowest BCUT2D eigenvalue weighted by molar-refractivity contribution is -0.121. The van der Waals surface area contributed by atoms with Crippen LogP contribution in [-0.4, -0.2) is 59.0 Å². The Morgan fingerprint density at radius 1 is 1.18 bits per heavy atom. The number of nitrogens with one attached hydrogen (secondary N) is 2. The summed E-state index contributed by atoms with van der Waals surface area (Å²) in [5.74, 6) is 0.721. The van der Waals surface area contributed by atoms with Gasteiger partial charge in [0.05, 0.1) is 13.2 Å². The molecule has 2 amide bonds. The van der Waals surface area contributed by atoms with Crippen LogP contribution in [0.25, 0.3) is 0 Å². The van der Waals surface area contributed by atoms with Gasteiger partial charge in [0, 0.05) is 37.1 Å². The molecule has 8 nitrogen and oxygen atoms in total. The van der Waals surface area contributed by atoms with Crippen LogP contribution in [0.2, 0.25) is 0 Å². The van der Waals surface area contributed by atoms with E-state index in [1.165, 1.54) is 0 Å². The fraction of sp³-hybridized carbons (Fsp3) is 0.400. The van der Waals surface area contributed by atoms with Crippen molar-refractivity contribution < 1.29 is 14.3 Å². The summed E-state index contributed by atoms with van der Waals surface area (Å²) in [4.78, 5) is 35.0. The molecule has 2 heterocycles. The quantitative estimate of drug-likeness (QED) is 0.788. The first-order valence-electron chi connectivity index (χ1n) is 9.33. The average Bonchev–Trinajstić information content (AvgIpc) is 2.74. The van der Waals surface area contributed by atoms with Crippen LogP contribution in [-0.2, 0) is 4.79 Å². The van der Waals surface area contributed by atoms with Crippen LogP contribution < -0.4 is 15.4 Å². The van der Waals surface area contributed by atoms with Crippen molar-refractivity contribution in [3.05, 3.63) is 48.3 Å². The lowest BCUT2D eigenvalue weighted by Crippen LogP contribution is -2.50. The standard InChI is InChI=1S/C20H25N5O3/c1-14(18(26)24-20-21-9-4-10-22-20)25-11-7-16(8-12-25)23-19(27)15-5-3-6-17(13-15)28-2/h3-6,9-10,13-14,16H,7-8,11-12H2,1-2H3,(H,23,27)(H,21,22,24,26). The predicted molar refractivity (Wildman–Crippen MR) is 105 cm³/mol. The normalized spacial score (nSPS) is 16.2. The van der Waals surface area contributed by atoms with Gasteiger partial charge in [-0.1, -0.05) is 6.07 Å². The van der Waals surface area contributed by atoms with E-state index >= 15 is 0 Å². The molecule has 1 unspecified atom stereocenters. The lowest BCUT2D eigenvalue weighted by atomic mass is 10.0. The molecular formula is C20H25N5O3. The molecule has 1 atom stereocenters. The van der Waals surface area contributed by atoms with E-state index in [1.54, 1.807) is 43.8 Å². The molecule has 1 aliphatic heterocycles. The predicted octanol–water partition coefficient (Wildman–Crippen LogP) is 1.71. The highest BCUT2D eigenvalue weighted by Crippen LogP contribution is 2.16. The molecular weight excluding hydrogens is 358 g/mol. The number of carbonyl (C=O) groups excluding carboxylic acids is 2. The number of piperidine rings is 1. The number of ether oxygens (including phenoxy) is 1. The second kappa shape index (κ2) is 9.27. The molecule has 0 aliphatic carbocycles. The van der Waals surface area contributed by atoms with Crippen molar-refractivity contribution >= 4 is 17.8 Å². The minimum Gasteiger partial charge on any atom is -0.497 e. The highest BCUT2D eigenvalue weighted by atomic mass is 16.5. The summed E-state index contributed by atoms with van der Waals surface area (Å²) in [6.07, 6.45) is 4.75. The smallest absolute Gasteiger partial charge is 0.251 e. The summed E-state index contributed by atoms with van der Waals surface area (Å²) in [5, 5.41) is 5.80. The third-order valence-electron chi connectivity index (χ3n) is 4.92. The van der Waals surface area contributed by atoms with Crippen LogP contribution in [0.4, 0.5) is 5.95 Å². The van der Waals surface area contributed by atoms with Crippen LogP contribution in [0.5, 0.6) is 5.75 Å². The number of hydrogen-bond donors (Lipinski definition) is 2. The van der Waals surface area contributed by atoms with Crippen LogP contribution in [0.15, 0.2) is 42.7 Å². The number of anilines is 1. The number of likely N-dealkylation sites (tertiary alicyclic amines) is 1. The third-order valence-corrected chi connectivity index (χ3v) is 4.92. The van der Waals surface area contributed by atoms with E-state index in [1.807, 2.05) is 13.0 Å². The van der Waals surface area contributed by atoms with Crippen molar-refractivity contribution in [1.29, 1.82) is 0 Å². The molecule has 1 fully saturated rings. The SMILES string of the molecule is COc1cccc(C(=O)NC2CCN(C(C)C(=O)Nc3ncccn3)CC2)c1. The number of amides is 2. The van der Waals surface area contributed by atoms with Gasteiger partial charge < -0.3 is 10.1 Å². The molecule has 1 aromatic heterocycles. The van der Waals surface area contributed by atoms with E-state index in [0.717, 1.165) is 25.9 Å². The van der Waals surface area contributed by atoms with Crippen molar-refractivity contribution in [3.8, 4) is 5.75 Å². The topological polar surface area (TPSA) is 96.5 Å². The molecule has 0 bridgehead atoms. The van der Waals surface area contributed by atoms with Crippen molar-refractivity contribution in [1.82, 2.24) is 20.2 Å². The Labute approximate surface area is 164 Å². The zero-order chi connectivity index (χ0) is 19.9. The minimum absolute atomic E-state index is 0.0858. The number of nitrogens with zero attached hydrogens (tertiary/aromatic N) is 3. The Morgan fingerprint density at radius 2 is 1.89 bits per heavy atom. The third kappa shape index (κ3) is 5.04. The maximum atomic E-state index is 12.4. The van der Waals surface area contributed by atoms with Gasteiger partial charge in [-0.05, 0) is 44.0 Å². The summed E-state index contributed by atoms with van der Waals surface area (Å²) in [6, 6.07) is 8.59. The van der Waals surface area contributed by atoms with E-state index in [0.29, 0.717) is 17.3 Å². The second-order valence-corrected chi connectivity index (χ2v) is 6.75. The molecule has 1 saturated heterocycles. The fourth-order valence-corrected chi connectivity index (χ4v) is 3.21. The number of hydrogen-bond acceptors (Lipinski definition) is 6. The van der Waals surface area contributed by atoms with E-state index < -0.39 is 0 Å². The Morgan fingerprint density at radius 3 is 2.57 bits per heavy atom. The summed E-state index contributed by atoms with van der Waals surface area (Å²) < 4.78 is 5.17. The van der Waals surface area contributed by atoms with Gasteiger partial charge in [0.25, 0.3) is 5.91 Å². The molecule has 8 heteroatoms. The summed E-state index contributed by atoms with van der Waals surface area (Å²) >= 11 is 0. The number of aromatic nitrogens is 2. The van der Waals surface area contributed by atoms with Crippen molar-refractivity contribution in [2.75, 3.05) is 25.5 Å². The van der Waals surface area contributed by atoms with E-state index in [9.17, 15) is 9.59 Å². The molecule has 0 spiro atoms. The van der Waals surface area contributed by atoms with Gasteiger partial charge in [0.2, 0.25) is 11.9 Å². The molecule has 1 aromatic carbocycles. The molecule has 2 N–H and O–H groups in total. The van der Waals surface area contributed by atoms with Gasteiger partial charge in [-0.3, -0.25) is 19.8 Å². The van der Waals surface area contributed by atoms with Gasteiger partial charge in [0.1, 0.15) is 5.75 Å². The van der Waals surface area contributed by atoms with Crippen LogP contribution in [0.3, 0.4) is 0 Å². The van der Waals surface area contributed by atoms with Gasteiger partial charge in [-0.15, -0.1) is 0 Å². The first-order chi connectivity index (χ1) is 13.6. The zero-order valence-electron chi connectivity index (χ0n) is 16.1. The highest BCUT2D eigenvalue weighted by molar-refractivity contribution is 5.95. The molecule has 28 heavy (non-hydrogen) atoms. The van der Waals surface area contributed by atoms with Crippen LogP contribution in [0.1, 0.15) is 30.1 Å². The Hall–Kier alpha value is -3.00. The largest absolute Gasteiger partial charge is 0.497 e. The van der Waals surface area contributed by atoms with Gasteiger partial charge in [0.15, 0.2) is 0 Å². The molecule has 3 rings (SSSR count). The van der Waals surface area contributed by atoms with E-state index in [-0.39, 0.29) is 23.9 Å². The number of methoxy groups -OCH3 is 1. The summed E-state index contributed by atoms with van der Waals surface area (Å²) in [5.41, 5.74) is 0.581. The number of carbonyl (C=O) groups is 2. The number of benzene rings is 1. The lowest BCUT2D eigenvalue weighted by Gasteiger charge is -2.35. The van der Waals surface area contributed by atoms with E-state index in [2.05, 4.69) is 25.5 Å². The second-order valence-electron chi connectivity index (χ2n) is 6.75. The highest BCUT2D eigenvalue weighted by Gasteiger charge is 2.27. The van der Waals surface area contributed by atoms with Crippen LogP contribution >= 0.6 is 0 Å². The monoisotopic (exact) mass is 383 g/mol. The zero-order valence-corrected chi connectivity index (χ0v) is 16.1. The number of rotatable bonds is 6. The maximum absolute atomic E-state index is 12.4. The molecule has 148 valence electrons. The fourth-order valence-electron chi connectivity index (χ4n) is 3.21. The summed E-state index contributed by atoms with van der Waals surface area (Å²) in [6.45, 7) is 3.33. The first-order valence-corrected chi connectivity index (χ1v) is 9.33. The van der Waals surface area contributed by atoms with Crippen molar-refractivity contribution in [3.63, 3.8) is 0 Å². The van der Waals surface area contributed by atoms with E-state index in [4.69, 9.17) is 4.74 Å². The van der Waals surface area contributed by atoms with Gasteiger partial charge in [-0.25, -0.2) is 9.97 Å². The minimum atomic E-state index is -0.293. The molecule has 1 aliphatic rings. The molecule has 2 aromatic rings. The first kappa shape index (κ1) is 19.8. The summed E-state index contributed by atoms with van der Waals surface area (Å²) in [7, 11) is 1.58. The van der Waals surface area contributed by atoms with Gasteiger partial charge >= 0.3 is 0 Å². The van der Waals surface area contributed by atoms with Gasteiger partial charge in [-0.2, -0.15) is 0 Å². The van der Waals surface area contributed by atoms with Crippen LogP contribution in [0, 0.1) is 0 Å². The average molecular weight is 383 g/mol. The Kier molecular flexibility index (Phi) is 6.54. The molecule has 0 saturated carbocycles. The van der Waals surface area contributed by atoms with Crippen molar-refractivity contribution in [2.24, 2.45) is 0 Å².